The van der Waals surface area contributed by atoms with Crippen molar-refractivity contribution >= 4 is 17.3 Å². The number of carbonyl (C=O) groups excluding carboxylic acids is 1. The van der Waals surface area contributed by atoms with E-state index in [-0.39, 0.29) is 11.6 Å². The van der Waals surface area contributed by atoms with Crippen LogP contribution in [0.25, 0.3) is 0 Å². The van der Waals surface area contributed by atoms with Gasteiger partial charge >= 0.3 is 0 Å². The number of nitrogens with one attached hydrogen (secondary N) is 2. The molecule has 2 atom stereocenters. The second-order valence-electron chi connectivity index (χ2n) is 5.57. The molecule has 2 unspecified atom stereocenters. The predicted octanol–water partition coefficient (Wildman–Crippen LogP) is 2.68. The van der Waals surface area contributed by atoms with Crippen LogP contribution in [0.3, 0.4) is 0 Å². The molecule has 1 heterocycles. The van der Waals surface area contributed by atoms with Crippen molar-refractivity contribution in [3.8, 4) is 0 Å². The van der Waals surface area contributed by atoms with E-state index in [1.165, 1.54) is 13.0 Å². The maximum atomic E-state index is 13.6. The third kappa shape index (κ3) is 3.70. The van der Waals surface area contributed by atoms with E-state index in [9.17, 15) is 9.18 Å². The Morgan fingerprint density at radius 3 is 2.85 bits per heavy atom. The van der Waals surface area contributed by atoms with Crippen LogP contribution in [0.1, 0.15) is 26.7 Å². The summed E-state index contributed by atoms with van der Waals surface area (Å²) in [6.45, 7) is 4.64. The number of benzene rings is 1. The molecule has 0 spiro atoms. The molecule has 0 aliphatic carbocycles. The maximum Gasteiger partial charge on any atom is 0.221 e. The fourth-order valence-electron chi connectivity index (χ4n) is 2.56. The molecule has 1 aliphatic heterocycles. The first kappa shape index (κ1) is 14.8. The van der Waals surface area contributed by atoms with E-state index < -0.39 is 5.82 Å². The van der Waals surface area contributed by atoms with Gasteiger partial charge in [-0.25, -0.2) is 4.39 Å². The van der Waals surface area contributed by atoms with Gasteiger partial charge in [0.05, 0.1) is 5.69 Å². The Balaban J connectivity index is 2.04. The molecule has 20 heavy (non-hydrogen) atoms. The van der Waals surface area contributed by atoms with Gasteiger partial charge in [-0.05, 0) is 45.0 Å². The minimum Gasteiger partial charge on any atom is -0.382 e. The van der Waals surface area contributed by atoms with E-state index in [2.05, 4.69) is 29.5 Å². The van der Waals surface area contributed by atoms with Gasteiger partial charge < -0.3 is 15.5 Å². The highest BCUT2D eigenvalue weighted by molar-refractivity contribution is 5.89. The van der Waals surface area contributed by atoms with E-state index in [1.807, 2.05) is 0 Å². The lowest BCUT2D eigenvalue weighted by atomic mass is 9.98. The molecular weight excluding hydrogens is 257 g/mol. The number of nitrogens with zero attached hydrogens (tertiary/aromatic N) is 1. The molecule has 2 rings (SSSR count). The third-order valence-electron chi connectivity index (χ3n) is 3.86. The monoisotopic (exact) mass is 279 g/mol. The minimum atomic E-state index is -0.414. The van der Waals surface area contributed by atoms with Crippen LogP contribution in [0.15, 0.2) is 18.2 Å². The number of carbonyl (C=O) groups is 1. The van der Waals surface area contributed by atoms with Crippen LogP contribution in [0.4, 0.5) is 15.8 Å². The average Bonchev–Trinajstić information content (AvgIpc) is 2.37. The standard InChI is InChI=1S/C15H22FN3O/c1-10-8-13(6-7-19(10)3)18-12-4-5-14(16)15(9-12)17-11(2)20/h4-5,9-10,13,18H,6-8H2,1-3H3,(H,17,20). The van der Waals surface area contributed by atoms with Crippen molar-refractivity contribution in [1.82, 2.24) is 4.90 Å². The summed E-state index contributed by atoms with van der Waals surface area (Å²) in [7, 11) is 2.13. The van der Waals surface area contributed by atoms with Crippen LogP contribution >= 0.6 is 0 Å². The number of piperidine rings is 1. The van der Waals surface area contributed by atoms with Gasteiger partial charge in [0.15, 0.2) is 0 Å². The molecule has 0 radical (unpaired) electrons. The molecule has 1 aromatic rings. The van der Waals surface area contributed by atoms with Crippen LogP contribution < -0.4 is 10.6 Å². The molecule has 0 aromatic heterocycles. The van der Waals surface area contributed by atoms with Crippen molar-refractivity contribution in [1.29, 1.82) is 0 Å². The Bertz CT molecular complexity index is 492. The zero-order valence-electron chi connectivity index (χ0n) is 12.2. The summed E-state index contributed by atoms with van der Waals surface area (Å²) in [5.41, 5.74) is 1.07. The number of rotatable bonds is 3. The van der Waals surface area contributed by atoms with Crippen molar-refractivity contribution in [3.63, 3.8) is 0 Å². The average molecular weight is 279 g/mol. The lowest BCUT2D eigenvalue weighted by Crippen LogP contribution is -2.42. The number of hydrogen-bond acceptors (Lipinski definition) is 3. The smallest absolute Gasteiger partial charge is 0.221 e. The van der Waals surface area contributed by atoms with Crippen LogP contribution in [0, 0.1) is 5.82 Å². The molecule has 5 heteroatoms. The molecule has 110 valence electrons. The Labute approximate surface area is 119 Å². The Kier molecular flexibility index (Phi) is 4.60. The maximum absolute atomic E-state index is 13.6. The third-order valence-corrected chi connectivity index (χ3v) is 3.86. The van der Waals surface area contributed by atoms with Crippen molar-refractivity contribution in [2.75, 3.05) is 24.2 Å². The van der Waals surface area contributed by atoms with E-state index in [1.54, 1.807) is 12.1 Å². The summed E-state index contributed by atoms with van der Waals surface area (Å²) in [6, 6.07) is 5.67. The molecule has 4 nitrogen and oxygen atoms in total. The molecule has 1 fully saturated rings. The number of likely N-dealkylation sites (tertiary alicyclic amines) is 1. The van der Waals surface area contributed by atoms with Gasteiger partial charge in [0, 0.05) is 31.2 Å². The lowest BCUT2D eigenvalue weighted by molar-refractivity contribution is -0.114. The fourth-order valence-corrected chi connectivity index (χ4v) is 2.56. The first-order chi connectivity index (χ1) is 9.45. The zero-order valence-corrected chi connectivity index (χ0v) is 12.2. The molecule has 1 amide bonds. The van der Waals surface area contributed by atoms with E-state index in [4.69, 9.17) is 0 Å². The topological polar surface area (TPSA) is 44.4 Å². The summed E-state index contributed by atoms with van der Waals surface area (Å²) in [5.74, 6) is -0.684. The highest BCUT2D eigenvalue weighted by atomic mass is 19.1. The van der Waals surface area contributed by atoms with E-state index >= 15 is 0 Å². The van der Waals surface area contributed by atoms with Gasteiger partial charge in [-0.15, -0.1) is 0 Å². The first-order valence-electron chi connectivity index (χ1n) is 6.99. The second kappa shape index (κ2) is 6.22. The fraction of sp³-hybridized carbons (Fsp3) is 0.533. The van der Waals surface area contributed by atoms with Crippen molar-refractivity contribution in [2.45, 2.75) is 38.8 Å². The van der Waals surface area contributed by atoms with E-state index in [0.717, 1.165) is 25.1 Å². The molecule has 1 saturated heterocycles. The Morgan fingerprint density at radius 1 is 1.45 bits per heavy atom. The van der Waals surface area contributed by atoms with Crippen LogP contribution in [0.5, 0.6) is 0 Å². The second-order valence-corrected chi connectivity index (χ2v) is 5.57. The minimum absolute atomic E-state index is 0.225. The van der Waals surface area contributed by atoms with Crippen LogP contribution in [0.2, 0.25) is 0 Å². The highest BCUT2D eigenvalue weighted by Gasteiger charge is 2.22. The predicted molar refractivity (Wildman–Crippen MR) is 79.4 cm³/mol. The number of hydrogen-bond donors (Lipinski definition) is 2. The molecule has 2 N–H and O–H groups in total. The number of halogens is 1. The largest absolute Gasteiger partial charge is 0.382 e. The van der Waals surface area contributed by atoms with Gasteiger partial charge in [-0.3, -0.25) is 4.79 Å². The molecule has 1 aliphatic rings. The Hall–Kier alpha value is -1.62. The van der Waals surface area contributed by atoms with Crippen LogP contribution in [-0.2, 0) is 4.79 Å². The van der Waals surface area contributed by atoms with Crippen molar-refractivity contribution < 1.29 is 9.18 Å². The summed E-state index contributed by atoms with van der Waals surface area (Å²) in [6.07, 6.45) is 2.12. The molecule has 0 bridgehead atoms. The van der Waals surface area contributed by atoms with Gasteiger partial charge in [-0.1, -0.05) is 0 Å². The van der Waals surface area contributed by atoms with Gasteiger partial charge in [0.2, 0.25) is 5.91 Å². The quantitative estimate of drug-likeness (QED) is 0.894. The molecule has 0 saturated carbocycles. The number of anilines is 2. The highest BCUT2D eigenvalue weighted by Crippen LogP contribution is 2.23. The van der Waals surface area contributed by atoms with Gasteiger partial charge in [0.1, 0.15) is 5.82 Å². The summed E-state index contributed by atoms with van der Waals surface area (Å²) in [5, 5.41) is 5.93. The Morgan fingerprint density at radius 2 is 2.20 bits per heavy atom. The van der Waals surface area contributed by atoms with Crippen LogP contribution in [-0.4, -0.2) is 36.5 Å². The molecule has 1 aromatic carbocycles. The SMILES string of the molecule is CC(=O)Nc1cc(NC2CCN(C)C(C)C2)ccc1F. The van der Waals surface area contributed by atoms with Crippen molar-refractivity contribution in [2.24, 2.45) is 0 Å². The lowest BCUT2D eigenvalue weighted by Gasteiger charge is -2.35. The summed E-state index contributed by atoms with van der Waals surface area (Å²) >= 11 is 0. The zero-order chi connectivity index (χ0) is 14.7. The van der Waals surface area contributed by atoms with Gasteiger partial charge in [-0.2, -0.15) is 0 Å². The number of amides is 1. The van der Waals surface area contributed by atoms with Gasteiger partial charge in [0.25, 0.3) is 0 Å². The summed E-state index contributed by atoms with van der Waals surface area (Å²) < 4.78 is 13.6. The normalized spacial score (nSPS) is 23.4. The van der Waals surface area contributed by atoms with Crippen molar-refractivity contribution in [3.05, 3.63) is 24.0 Å². The summed E-state index contributed by atoms with van der Waals surface area (Å²) in [4.78, 5) is 13.4. The van der Waals surface area contributed by atoms with E-state index in [0.29, 0.717) is 12.1 Å². The molecular formula is C15H22FN3O. The first-order valence-corrected chi connectivity index (χ1v) is 6.99.